The van der Waals surface area contributed by atoms with Gasteiger partial charge in [0.05, 0.1) is 0 Å². The topological polar surface area (TPSA) is 14.2 Å². The minimum absolute atomic E-state index is 0. The molecule has 0 N–H and O–H groups in total. The van der Waals surface area contributed by atoms with Crippen molar-refractivity contribution < 1.29 is 9.13 Å². The first-order chi connectivity index (χ1) is 22.6. The molecule has 0 atom stereocenters. The average Bonchev–Trinajstić information content (AvgIpc) is 3.11. The molecular formula is C44H55N4+. The third-order valence-electron chi connectivity index (χ3n) is 8.64. The summed E-state index contributed by atoms with van der Waals surface area (Å²) in [6.07, 6.45) is 17.4. The molecule has 0 aliphatic rings. The highest BCUT2D eigenvalue weighted by Gasteiger charge is 2.12. The third kappa shape index (κ3) is 10.3. The summed E-state index contributed by atoms with van der Waals surface area (Å²) in [6, 6.07) is 35.1. The molecule has 3 aromatic carbocycles. The average molecular weight is 640 g/mol. The van der Waals surface area contributed by atoms with E-state index in [0.717, 1.165) is 39.3 Å². The van der Waals surface area contributed by atoms with Gasteiger partial charge in [-0.1, -0.05) is 80.3 Å². The van der Waals surface area contributed by atoms with E-state index in [4.69, 9.17) is 0 Å². The van der Waals surface area contributed by atoms with E-state index < -0.39 is 0 Å². The number of hydrogen-bond donors (Lipinski definition) is 0. The molecule has 5 aromatic rings. The lowest BCUT2D eigenvalue weighted by molar-refractivity contribution is -0.693. The highest BCUT2D eigenvalue weighted by molar-refractivity contribution is 5.71. The van der Waals surface area contributed by atoms with E-state index in [1.165, 1.54) is 44.8 Å². The summed E-state index contributed by atoms with van der Waals surface area (Å²) in [6.45, 7) is 14.6. The van der Waals surface area contributed by atoms with Gasteiger partial charge in [-0.2, -0.15) is 0 Å². The quantitative estimate of drug-likeness (QED) is 0.0888. The summed E-state index contributed by atoms with van der Waals surface area (Å²) in [5.41, 5.74) is 10.0. The number of rotatable bonds is 14. The molecule has 2 heterocycles. The van der Waals surface area contributed by atoms with Crippen LogP contribution in [0, 0.1) is 7.43 Å². The molecule has 0 saturated heterocycles. The smallest absolute Gasteiger partial charge is 0.174 e. The van der Waals surface area contributed by atoms with Gasteiger partial charge in [0.15, 0.2) is 37.9 Å². The van der Waals surface area contributed by atoms with Crippen LogP contribution in [0.25, 0.3) is 24.3 Å². The van der Waals surface area contributed by atoms with Crippen molar-refractivity contribution in [2.24, 2.45) is 0 Å². The molecule has 0 spiro atoms. The maximum Gasteiger partial charge on any atom is 0.174 e. The largest absolute Gasteiger partial charge is 0.372 e. The van der Waals surface area contributed by atoms with Gasteiger partial charge in [0.25, 0.3) is 0 Å². The molecule has 0 fully saturated rings. The van der Waals surface area contributed by atoms with Crippen molar-refractivity contribution >= 4 is 35.7 Å². The number of benzene rings is 3. The van der Waals surface area contributed by atoms with E-state index >= 15 is 0 Å². The van der Waals surface area contributed by atoms with Crippen LogP contribution in [-0.2, 0) is 13.1 Å². The van der Waals surface area contributed by atoms with Gasteiger partial charge in [-0.3, -0.25) is 0 Å². The molecule has 0 aliphatic carbocycles. The van der Waals surface area contributed by atoms with Crippen molar-refractivity contribution in [3.05, 3.63) is 163 Å². The van der Waals surface area contributed by atoms with Gasteiger partial charge in [0, 0.05) is 72.9 Å². The highest BCUT2D eigenvalue weighted by Crippen LogP contribution is 2.18. The van der Waals surface area contributed by atoms with Crippen molar-refractivity contribution in [1.29, 1.82) is 0 Å². The zero-order chi connectivity index (χ0) is 32.1. The Hall–Kier alpha value is -4.96. The molecule has 250 valence electrons. The summed E-state index contributed by atoms with van der Waals surface area (Å²) in [7, 11) is 0. The van der Waals surface area contributed by atoms with Crippen molar-refractivity contribution in [3.63, 3.8) is 0 Å². The molecule has 0 radical (unpaired) electrons. The van der Waals surface area contributed by atoms with E-state index in [1.54, 1.807) is 0 Å². The van der Waals surface area contributed by atoms with Gasteiger partial charge >= 0.3 is 0 Å². The minimum Gasteiger partial charge on any atom is -0.372 e. The van der Waals surface area contributed by atoms with Crippen LogP contribution < -0.4 is 18.9 Å². The van der Waals surface area contributed by atoms with E-state index in [2.05, 4.69) is 193 Å². The van der Waals surface area contributed by atoms with Crippen molar-refractivity contribution in [3.8, 4) is 0 Å². The van der Waals surface area contributed by atoms with Crippen LogP contribution in [0.2, 0.25) is 0 Å². The molecule has 0 saturated carbocycles. The van der Waals surface area contributed by atoms with E-state index in [-0.39, 0.29) is 14.9 Å². The standard InChI is InChI=1S/C42H48N4.CH4.CH3/c1-5-45(6-2)41-21-17-35(18-22-41)13-15-37-25-29-43(30-26-37)33-39-11-9-10-12-40(39)34-44-31-27-38(28-32-44)16-14-36-19-23-42(24-20-36)46(7-3)8-4;;/h9-32H,5-8,33-34H2,1-4H3;1H4;1H3/q+2;;-1. The van der Waals surface area contributed by atoms with Crippen LogP contribution in [0.4, 0.5) is 11.4 Å². The first-order valence-corrected chi connectivity index (χ1v) is 16.7. The Morgan fingerprint density at radius 1 is 0.438 bits per heavy atom. The second-order valence-electron chi connectivity index (χ2n) is 11.6. The zero-order valence-corrected chi connectivity index (χ0v) is 28.9. The lowest BCUT2D eigenvalue weighted by atomic mass is 10.1. The summed E-state index contributed by atoms with van der Waals surface area (Å²) in [5, 5.41) is 0. The van der Waals surface area contributed by atoms with Crippen LogP contribution >= 0.6 is 0 Å². The van der Waals surface area contributed by atoms with Gasteiger partial charge in [-0.05, 0) is 74.2 Å². The predicted octanol–water partition coefficient (Wildman–Crippen LogP) is 9.48. The molecule has 48 heavy (non-hydrogen) atoms. The van der Waals surface area contributed by atoms with Crippen LogP contribution in [0.5, 0.6) is 0 Å². The van der Waals surface area contributed by atoms with Gasteiger partial charge in [-0.25, -0.2) is 9.13 Å². The van der Waals surface area contributed by atoms with Crippen molar-refractivity contribution in [2.75, 3.05) is 36.0 Å². The molecule has 5 rings (SSSR count). The lowest BCUT2D eigenvalue weighted by Gasteiger charge is -2.20. The Morgan fingerprint density at radius 3 is 1.02 bits per heavy atom. The van der Waals surface area contributed by atoms with Gasteiger partial charge in [0.1, 0.15) is 0 Å². The monoisotopic (exact) mass is 639 g/mol. The van der Waals surface area contributed by atoms with Crippen molar-refractivity contribution in [1.82, 2.24) is 0 Å². The van der Waals surface area contributed by atoms with E-state index in [0.29, 0.717) is 0 Å². The Kier molecular flexibility index (Phi) is 14.8. The zero-order valence-electron chi connectivity index (χ0n) is 28.9. The molecular weight excluding hydrogens is 585 g/mol. The maximum atomic E-state index is 2.36. The number of nitrogens with zero attached hydrogens (tertiary/aromatic N) is 4. The number of anilines is 2. The third-order valence-corrected chi connectivity index (χ3v) is 8.64. The van der Waals surface area contributed by atoms with Gasteiger partial charge in [-0.15, -0.1) is 0 Å². The Balaban J connectivity index is 0.00000312. The molecule has 4 nitrogen and oxygen atoms in total. The second kappa shape index (κ2) is 19.0. The fourth-order valence-corrected chi connectivity index (χ4v) is 5.79. The summed E-state index contributed by atoms with van der Waals surface area (Å²) >= 11 is 0. The SMILES string of the molecule is C.CCN(CC)c1ccc(/C=C/c2cc[n+](Cc3ccccc3C[n+]3ccc(/C=C/c4ccc(N(CC)CC)cc4)cc3)cc2)cc1.[CH3-]. The maximum absolute atomic E-state index is 2.36. The van der Waals surface area contributed by atoms with Gasteiger partial charge < -0.3 is 17.2 Å². The first-order valence-electron chi connectivity index (χ1n) is 16.7. The van der Waals surface area contributed by atoms with Crippen molar-refractivity contribution in [2.45, 2.75) is 48.2 Å². The molecule has 0 unspecified atom stereocenters. The minimum atomic E-state index is 0. The van der Waals surface area contributed by atoms with Crippen LogP contribution in [0.15, 0.2) is 122 Å². The number of hydrogen-bond acceptors (Lipinski definition) is 2. The Bertz CT molecular complexity index is 1560. The molecule has 0 amide bonds. The van der Waals surface area contributed by atoms with Crippen LogP contribution in [0.1, 0.15) is 68.5 Å². The molecule has 0 aliphatic heterocycles. The summed E-state index contributed by atoms with van der Waals surface area (Å²) in [5.74, 6) is 0. The predicted molar refractivity (Wildman–Crippen MR) is 209 cm³/mol. The van der Waals surface area contributed by atoms with Gasteiger partial charge in [0.2, 0.25) is 0 Å². The first kappa shape index (κ1) is 37.5. The fraction of sp³-hybridized carbons (Fsp3) is 0.250. The van der Waals surface area contributed by atoms with Crippen LogP contribution in [-0.4, -0.2) is 26.2 Å². The highest BCUT2D eigenvalue weighted by atomic mass is 15.1. The molecule has 0 bridgehead atoms. The molecule has 4 heteroatoms. The number of aromatic nitrogens is 2. The Labute approximate surface area is 291 Å². The molecule has 2 aromatic heterocycles. The van der Waals surface area contributed by atoms with E-state index in [9.17, 15) is 0 Å². The Morgan fingerprint density at radius 2 is 0.729 bits per heavy atom. The lowest BCUT2D eigenvalue weighted by Crippen LogP contribution is -2.36. The summed E-state index contributed by atoms with van der Waals surface area (Å²) < 4.78 is 4.50. The van der Waals surface area contributed by atoms with E-state index in [1.807, 2.05) is 0 Å². The second-order valence-corrected chi connectivity index (χ2v) is 11.6. The normalized spacial score (nSPS) is 10.9. The summed E-state index contributed by atoms with van der Waals surface area (Å²) in [4.78, 5) is 4.73. The van der Waals surface area contributed by atoms with Crippen LogP contribution in [0.3, 0.4) is 0 Å². The number of pyridine rings is 2. The fourth-order valence-electron chi connectivity index (χ4n) is 5.79.